The van der Waals surface area contributed by atoms with Crippen LogP contribution < -0.4 is 10.6 Å². The molecule has 1 aromatic carbocycles. The van der Waals surface area contributed by atoms with Gasteiger partial charge >= 0.3 is 5.97 Å². The molecule has 2 amide bonds. The minimum atomic E-state index is -1.09. The van der Waals surface area contributed by atoms with E-state index >= 15 is 0 Å². The molecule has 1 heterocycles. The number of rotatable bonds is 9. The summed E-state index contributed by atoms with van der Waals surface area (Å²) in [6.07, 6.45) is 1.52. The van der Waals surface area contributed by atoms with Crippen LogP contribution in [0.1, 0.15) is 25.3 Å². The lowest BCUT2D eigenvalue weighted by atomic mass is 10.1. The Hall–Kier alpha value is -2.45. The van der Waals surface area contributed by atoms with Crippen LogP contribution in [0, 0.1) is 0 Å². The average molecular weight is 364 g/mol. The average Bonchev–Trinajstić information content (AvgIpc) is 3.13. The number of hydrogen-bond donors (Lipinski definition) is 3. The molecule has 0 saturated carbocycles. The molecule has 26 heavy (non-hydrogen) atoms. The van der Waals surface area contributed by atoms with Crippen LogP contribution in [0.2, 0.25) is 0 Å². The first kappa shape index (κ1) is 19.9. The van der Waals surface area contributed by atoms with Gasteiger partial charge in [-0.25, -0.2) is 0 Å². The van der Waals surface area contributed by atoms with Crippen LogP contribution in [0.25, 0.3) is 0 Å². The summed E-state index contributed by atoms with van der Waals surface area (Å²) >= 11 is 0. The highest BCUT2D eigenvalue weighted by molar-refractivity contribution is 5.94. The molecular formula is C18H24N2O6. The normalized spacial score (nSPS) is 17.5. The second-order valence-electron chi connectivity index (χ2n) is 6.14. The van der Waals surface area contributed by atoms with Gasteiger partial charge in [0.15, 0.2) is 0 Å². The van der Waals surface area contributed by atoms with Crippen molar-refractivity contribution in [1.82, 2.24) is 5.32 Å². The van der Waals surface area contributed by atoms with Crippen LogP contribution in [-0.4, -0.2) is 54.9 Å². The van der Waals surface area contributed by atoms with Gasteiger partial charge in [0.25, 0.3) is 5.91 Å². The van der Waals surface area contributed by atoms with Crippen molar-refractivity contribution < 1.29 is 29.0 Å². The van der Waals surface area contributed by atoms with E-state index in [4.69, 9.17) is 14.6 Å². The number of aliphatic carboxylic acids is 1. The molecule has 0 bridgehead atoms. The van der Waals surface area contributed by atoms with Crippen LogP contribution in [0.4, 0.5) is 5.69 Å². The third-order valence-electron chi connectivity index (χ3n) is 3.95. The number of hydrogen-bond acceptors (Lipinski definition) is 5. The quantitative estimate of drug-likeness (QED) is 0.601. The molecule has 1 fully saturated rings. The number of carbonyl (C=O) groups excluding carboxylic acids is 2. The Morgan fingerprint density at radius 1 is 1.31 bits per heavy atom. The molecule has 1 aliphatic rings. The Morgan fingerprint density at radius 3 is 2.65 bits per heavy atom. The monoisotopic (exact) mass is 364 g/mol. The predicted molar refractivity (Wildman–Crippen MR) is 93.8 cm³/mol. The molecule has 0 aromatic heterocycles. The topological polar surface area (TPSA) is 114 Å². The molecule has 8 heteroatoms. The molecule has 1 aliphatic heterocycles. The Kier molecular flexibility index (Phi) is 7.55. The minimum Gasteiger partial charge on any atom is -0.480 e. The zero-order valence-electron chi connectivity index (χ0n) is 14.7. The standard InChI is InChI=1S/C18H24N2O6/c1-12(26-11-15-3-2-8-25-15)18(24)20-14-6-4-13(5-7-14)9-16(21)19-10-17(22)23/h4-7,12,15H,2-3,8-11H2,1H3,(H,19,21)(H,20,24)(H,22,23). The number of anilines is 1. The van der Waals surface area contributed by atoms with E-state index in [0.29, 0.717) is 17.9 Å². The van der Waals surface area contributed by atoms with E-state index in [1.54, 1.807) is 31.2 Å². The van der Waals surface area contributed by atoms with Crippen molar-refractivity contribution in [2.45, 2.75) is 38.4 Å². The Balaban J connectivity index is 1.75. The van der Waals surface area contributed by atoms with E-state index in [1.807, 2.05) is 0 Å². The van der Waals surface area contributed by atoms with Crippen molar-refractivity contribution in [2.24, 2.45) is 0 Å². The summed E-state index contributed by atoms with van der Waals surface area (Å²) < 4.78 is 11.0. The summed E-state index contributed by atoms with van der Waals surface area (Å²) in [6.45, 7) is 2.43. The maximum absolute atomic E-state index is 12.1. The Morgan fingerprint density at radius 2 is 2.04 bits per heavy atom. The van der Waals surface area contributed by atoms with Crippen molar-refractivity contribution >= 4 is 23.5 Å². The van der Waals surface area contributed by atoms with E-state index in [-0.39, 0.29) is 24.3 Å². The number of ether oxygens (including phenoxy) is 2. The second-order valence-corrected chi connectivity index (χ2v) is 6.14. The first-order chi connectivity index (χ1) is 12.4. The summed E-state index contributed by atoms with van der Waals surface area (Å²) in [5, 5.41) is 13.6. The third-order valence-corrected chi connectivity index (χ3v) is 3.95. The number of amides is 2. The van der Waals surface area contributed by atoms with E-state index in [1.165, 1.54) is 0 Å². The molecule has 2 rings (SSSR count). The largest absolute Gasteiger partial charge is 0.480 e. The van der Waals surface area contributed by atoms with Gasteiger partial charge in [0.2, 0.25) is 5.91 Å². The Labute approximate surface area is 151 Å². The Bertz CT molecular complexity index is 625. The van der Waals surface area contributed by atoms with Gasteiger partial charge in [0, 0.05) is 12.3 Å². The smallest absolute Gasteiger partial charge is 0.322 e. The maximum atomic E-state index is 12.1. The van der Waals surface area contributed by atoms with E-state index < -0.39 is 18.6 Å². The number of carboxylic acids is 1. The fraction of sp³-hybridized carbons (Fsp3) is 0.500. The summed E-state index contributed by atoms with van der Waals surface area (Å²) in [7, 11) is 0. The summed E-state index contributed by atoms with van der Waals surface area (Å²) in [5.74, 6) is -1.72. The van der Waals surface area contributed by atoms with Gasteiger partial charge in [-0.05, 0) is 37.5 Å². The van der Waals surface area contributed by atoms with Gasteiger partial charge in [-0.3, -0.25) is 14.4 Å². The fourth-order valence-electron chi connectivity index (χ4n) is 2.48. The van der Waals surface area contributed by atoms with Crippen LogP contribution in [0.3, 0.4) is 0 Å². The molecule has 1 aromatic rings. The molecule has 1 saturated heterocycles. The fourth-order valence-corrected chi connectivity index (χ4v) is 2.48. The van der Waals surface area contributed by atoms with Gasteiger partial charge in [0.1, 0.15) is 12.6 Å². The molecule has 0 radical (unpaired) electrons. The van der Waals surface area contributed by atoms with Gasteiger partial charge in [-0.2, -0.15) is 0 Å². The van der Waals surface area contributed by atoms with Gasteiger partial charge in [-0.1, -0.05) is 12.1 Å². The van der Waals surface area contributed by atoms with Gasteiger partial charge in [-0.15, -0.1) is 0 Å². The first-order valence-corrected chi connectivity index (χ1v) is 8.55. The zero-order valence-corrected chi connectivity index (χ0v) is 14.7. The van der Waals surface area contributed by atoms with E-state index in [2.05, 4.69) is 10.6 Å². The number of nitrogens with one attached hydrogen (secondary N) is 2. The molecule has 2 unspecified atom stereocenters. The predicted octanol–water partition coefficient (Wildman–Crippen LogP) is 0.952. The molecule has 0 aliphatic carbocycles. The summed E-state index contributed by atoms with van der Waals surface area (Å²) in [5.41, 5.74) is 1.31. The zero-order chi connectivity index (χ0) is 18.9. The molecule has 142 valence electrons. The third kappa shape index (κ3) is 6.81. The van der Waals surface area contributed by atoms with Crippen LogP contribution in [-0.2, 0) is 30.3 Å². The highest BCUT2D eigenvalue weighted by Crippen LogP contribution is 2.14. The lowest BCUT2D eigenvalue weighted by molar-refractivity contribution is -0.137. The molecule has 3 N–H and O–H groups in total. The van der Waals surface area contributed by atoms with Crippen molar-refractivity contribution in [2.75, 3.05) is 25.1 Å². The molecular weight excluding hydrogens is 340 g/mol. The highest BCUT2D eigenvalue weighted by Gasteiger charge is 2.20. The molecule has 2 atom stereocenters. The van der Waals surface area contributed by atoms with Gasteiger partial charge in [0.05, 0.1) is 19.1 Å². The minimum absolute atomic E-state index is 0.0665. The maximum Gasteiger partial charge on any atom is 0.322 e. The van der Waals surface area contributed by atoms with Gasteiger partial charge < -0.3 is 25.2 Å². The lowest BCUT2D eigenvalue weighted by Crippen LogP contribution is -2.31. The molecule has 0 spiro atoms. The summed E-state index contributed by atoms with van der Waals surface area (Å²) in [4.78, 5) is 34.1. The van der Waals surface area contributed by atoms with Crippen LogP contribution in [0.15, 0.2) is 24.3 Å². The SMILES string of the molecule is CC(OCC1CCCO1)C(=O)Nc1ccc(CC(=O)NCC(=O)O)cc1. The van der Waals surface area contributed by atoms with Crippen molar-refractivity contribution in [3.8, 4) is 0 Å². The highest BCUT2D eigenvalue weighted by atomic mass is 16.5. The van der Waals surface area contributed by atoms with Crippen molar-refractivity contribution in [3.63, 3.8) is 0 Å². The van der Waals surface area contributed by atoms with Crippen molar-refractivity contribution in [1.29, 1.82) is 0 Å². The number of benzene rings is 1. The van der Waals surface area contributed by atoms with Crippen molar-refractivity contribution in [3.05, 3.63) is 29.8 Å². The van der Waals surface area contributed by atoms with E-state index in [0.717, 1.165) is 19.4 Å². The number of carboxylic acid groups (broad SMARTS) is 1. The van der Waals surface area contributed by atoms with E-state index in [9.17, 15) is 14.4 Å². The van der Waals surface area contributed by atoms with Crippen LogP contribution >= 0.6 is 0 Å². The molecule has 8 nitrogen and oxygen atoms in total. The number of carbonyl (C=O) groups is 3. The lowest BCUT2D eigenvalue weighted by Gasteiger charge is -2.16. The summed E-state index contributed by atoms with van der Waals surface area (Å²) in [6, 6.07) is 6.77. The first-order valence-electron chi connectivity index (χ1n) is 8.55. The van der Waals surface area contributed by atoms with Crippen LogP contribution in [0.5, 0.6) is 0 Å². The second kappa shape index (κ2) is 9.88.